The van der Waals surface area contributed by atoms with Gasteiger partial charge in [-0.3, -0.25) is 9.59 Å². The van der Waals surface area contributed by atoms with Gasteiger partial charge in [-0.25, -0.2) is 0 Å². The van der Waals surface area contributed by atoms with Gasteiger partial charge in [0.1, 0.15) is 0 Å². The van der Waals surface area contributed by atoms with E-state index in [-0.39, 0.29) is 18.4 Å². The van der Waals surface area contributed by atoms with Crippen LogP contribution in [0.25, 0.3) is 0 Å². The minimum atomic E-state index is -0.162. The Morgan fingerprint density at radius 1 is 1.20 bits per heavy atom. The van der Waals surface area contributed by atoms with Gasteiger partial charge in [0.2, 0.25) is 11.8 Å². The average molecular weight is 276 g/mol. The summed E-state index contributed by atoms with van der Waals surface area (Å²) in [5.74, 6) is 0.107. The molecular weight excluding hydrogens is 252 g/mol. The first-order chi connectivity index (χ1) is 9.42. The maximum atomic E-state index is 12.0. The summed E-state index contributed by atoms with van der Waals surface area (Å²) in [4.78, 5) is 25.0. The number of hydrogen-bond donors (Lipinski definition) is 1. The number of carbonyl (C=O) groups is 2. The second kappa shape index (κ2) is 7.68. The highest BCUT2D eigenvalue weighted by Gasteiger charge is 2.14. The van der Waals surface area contributed by atoms with Crippen LogP contribution in [0.3, 0.4) is 0 Å². The van der Waals surface area contributed by atoms with Crippen molar-refractivity contribution in [3.8, 4) is 0 Å². The van der Waals surface area contributed by atoms with Crippen LogP contribution in [0.4, 0.5) is 5.69 Å². The van der Waals surface area contributed by atoms with E-state index in [1.165, 1.54) is 12.5 Å². The van der Waals surface area contributed by atoms with Gasteiger partial charge in [-0.15, -0.1) is 0 Å². The monoisotopic (exact) mass is 276 g/mol. The lowest BCUT2D eigenvalue weighted by Gasteiger charge is -2.22. The van der Waals surface area contributed by atoms with Crippen molar-refractivity contribution in [1.82, 2.24) is 4.90 Å². The van der Waals surface area contributed by atoms with Crippen molar-refractivity contribution in [3.63, 3.8) is 0 Å². The Bertz CT molecular complexity index is 452. The quantitative estimate of drug-likeness (QED) is 0.868. The third-order valence-electron chi connectivity index (χ3n) is 3.01. The fourth-order valence-corrected chi connectivity index (χ4v) is 1.94. The van der Waals surface area contributed by atoms with Crippen molar-refractivity contribution in [2.45, 2.75) is 34.1 Å². The zero-order valence-electron chi connectivity index (χ0n) is 12.8. The van der Waals surface area contributed by atoms with E-state index in [1.54, 1.807) is 4.90 Å². The van der Waals surface area contributed by atoms with Gasteiger partial charge in [0.25, 0.3) is 0 Å². The standard InChI is InChI=1S/C16H24N2O2/c1-5-14-6-8-15(9-7-14)17-16(20)11-18(13(4)19)10-12(2)3/h6-9,12H,5,10-11H2,1-4H3,(H,17,20). The number of carbonyl (C=O) groups excluding carboxylic acids is 2. The first kappa shape index (κ1) is 16.2. The van der Waals surface area contributed by atoms with Crippen molar-refractivity contribution in [2.75, 3.05) is 18.4 Å². The second-order valence-electron chi connectivity index (χ2n) is 5.39. The molecule has 0 aliphatic carbocycles. The van der Waals surface area contributed by atoms with E-state index in [4.69, 9.17) is 0 Å². The van der Waals surface area contributed by atoms with E-state index in [0.29, 0.717) is 12.5 Å². The second-order valence-corrected chi connectivity index (χ2v) is 5.39. The van der Waals surface area contributed by atoms with Gasteiger partial charge in [0, 0.05) is 19.2 Å². The summed E-state index contributed by atoms with van der Waals surface area (Å²) in [6, 6.07) is 7.76. The van der Waals surface area contributed by atoms with Crippen LogP contribution < -0.4 is 5.32 Å². The molecule has 0 fully saturated rings. The van der Waals surface area contributed by atoms with E-state index >= 15 is 0 Å². The summed E-state index contributed by atoms with van der Waals surface area (Å²) >= 11 is 0. The van der Waals surface area contributed by atoms with Gasteiger partial charge in [0.15, 0.2) is 0 Å². The lowest BCUT2D eigenvalue weighted by atomic mass is 10.1. The number of nitrogens with one attached hydrogen (secondary N) is 1. The summed E-state index contributed by atoms with van der Waals surface area (Å²) in [5.41, 5.74) is 1.99. The topological polar surface area (TPSA) is 49.4 Å². The molecule has 1 aromatic carbocycles. The smallest absolute Gasteiger partial charge is 0.243 e. The Kier molecular flexibility index (Phi) is 6.22. The van der Waals surface area contributed by atoms with Gasteiger partial charge >= 0.3 is 0 Å². The molecule has 1 aromatic rings. The Hall–Kier alpha value is -1.84. The third-order valence-corrected chi connectivity index (χ3v) is 3.01. The lowest BCUT2D eigenvalue weighted by Crippen LogP contribution is -2.38. The molecule has 0 heterocycles. The zero-order chi connectivity index (χ0) is 15.1. The van der Waals surface area contributed by atoms with E-state index < -0.39 is 0 Å². The molecule has 110 valence electrons. The highest BCUT2D eigenvalue weighted by Crippen LogP contribution is 2.10. The molecule has 0 atom stereocenters. The Morgan fingerprint density at radius 2 is 1.80 bits per heavy atom. The van der Waals surface area contributed by atoms with E-state index in [0.717, 1.165) is 12.1 Å². The van der Waals surface area contributed by atoms with Crippen molar-refractivity contribution in [1.29, 1.82) is 0 Å². The highest BCUT2D eigenvalue weighted by molar-refractivity contribution is 5.94. The van der Waals surface area contributed by atoms with Crippen molar-refractivity contribution in [2.24, 2.45) is 5.92 Å². The maximum absolute atomic E-state index is 12.0. The Morgan fingerprint density at radius 3 is 2.25 bits per heavy atom. The molecule has 0 aliphatic rings. The minimum Gasteiger partial charge on any atom is -0.333 e. The van der Waals surface area contributed by atoms with Crippen molar-refractivity contribution < 1.29 is 9.59 Å². The van der Waals surface area contributed by atoms with Gasteiger partial charge in [-0.1, -0.05) is 32.9 Å². The number of benzene rings is 1. The molecule has 0 aromatic heterocycles. The minimum absolute atomic E-state index is 0.0739. The Labute approximate surface area is 121 Å². The number of rotatable bonds is 6. The normalized spacial score (nSPS) is 10.4. The van der Waals surface area contributed by atoms with Crippen LogP contribution in [-0.2, 0) is 16.0 Å². The van der Waals surface area contributed by atoms with E-state index in [9.17, 15) is 9.59 Å². The molecule has 0 aliphatic heterocycles. The predicted octanol–water partition coefficient (Wildman–Crippen LogP) is 2.69. The summed E-state index contributed by atoms with van der Waals surface area (Å²) in [5, 5.41) is 2.82. The van der Waals surface area contributed by atoms with Crippen LogP contribution in [0.2, 0.25) is 0 Å². The molecule has 4 heteroatoms. The van der Waals surface area contributed by atoms with Crippen LogP contribution >= 0.6 is 0 Å². The summed E-state index contributed by atoms with van der Waals surface area (Å²) in [6.45, 7) is 8.32. The van der Waals surface area contributed by atoms with Gasteiger partial charge in [-0.2, -0.15) is 0 Å². The molecule has 4 nitrogen and oxygen atoms in total. The number of anilines is 1. The molecule has 0 unspecified atom stereocenters. The summed E-state index contributed by atoms with van der Waals surface area (Å²) in [7, 11) is 0. The van der Waals surface area contributed by atoms with Crippen LogP contribution in [0.15, 0.2) is 24.3 Å². The Balaban J connectivity index is 2.58. The SMILES string of the molecule is CCc1ccc(NC(=O)CN(CC(C)C)C(C)=O)cc1. The van der Waals surface area contributed by atoms with Crippen LogP contribution in [0.1, 0.15) is 33.3 Å². The predicted molar refractivity (Wildman–Crippen MR) is 81.5 cm³/mol. The number of aryl methyl sites for hydroxylation is 1. The molecule has 1 rings (SSSR count). The van der Waals surface area contributed by atoms with E-state index in [2.05, 4.69) is 12.2 Å². The van der Waals surface area contributed by atoms with Gasteiger partial charge in [-0.05, 0) is 30.0 Å². The van der Waals surface area contributed by atoms with Crippen molar-refractivity contribution in [3.05, 3.63) is 29.8 Å². The number of nitrogens with zero attached hydrogens (tertiary/aromatic N) is 1. The molecule has 0 radical (unpaired) electrons. The van der Waals surface area contributed by atoms with Gasteiger partial charge in [0.05, 0.1) is 6.54 Å². The average Bonchev–Trinajstić information content (AvgIpc) is 2.38. The first-order valence-corrected chi connectivity index (χ1v) is 7.06. The van der Waals surface area contributed by atoms with Crippen LogP contribution in [0.5, 0.6) is 0 Å². The number of amides is 2. The molecule has 1 N–H and O–H groups in total. The molecule has 2 amide bonds. The van der Waals surface area contributed by atoms with Crippen LogP contribution in [0, 0.1) is 5.92 Å². The molecule has 0 bridgehead atoms. The maximum Gasteiger partial charge on any atom is 0.243 e. The zero-order valence-corrected chi connectivity index (χ0v) is 12.8. The fraction of sp³-hybridized carbons (Fsp3) is 0.500. The molecule has 0 saturated heterocycles. The summed E-state index contributed by atoms with van der Waals surface area (Å²) < 4.78 is 0. The highest BCUT2D eigenvalue weighted by atomic mass is 16.2. The molecule has 0 saturated carbocycles. The lowest BCUT2D eigenvalue weighted by molar-refractivity contribution is -0.133. The number of hydrogen-bond acceptors (Lipinski definition) is 2. The van der Waals surface area contributed by atoms with Gasteiger partial charge < -0.3 is 10.2 Å². The first-order valence-electron chi connectivity index (χ1n) is 7.06. The largest absolute Gasteiger partial charge is 0.333 e. The summed E-state index contributed by atoms with van der Waals surface area (Å²) in [6.07, 6.45) is 0.973. The molecule has 20 heavy (non-hydrogen) atoms. The fourth-order valence-electron chi connectivity index (χ4n) is 1.94. The molecule has 0 spiro atoms. The van der Waals surface area contributed by atoms with Crippen molar-refractivity contribution >= 4 is 17.5 Å². The van der Waals surface area contributed by atoms with E-state index in [1.807, 2.05) is 38.1 Å². The van der Waals surface area contributed by atoms with Crippen LogP contribution in [-0.4, -0.2) is 29.8 Å². The third kappa shape index (κ3) is 5.43. The molecular formula is C16H24N2O2.